The highest BCUT2D eigenvalue weighted by Gasteiger charge is 2.03. The highest BCUT2D eigenvalue weighted by molar-refractivity contribution is 7.07. The van der Waals surface area contributed by atoms with Gasteiger partial charge in [-0.15, -0.1) is 0 Å². The minimum Gasteiger partial charge on any atom is -0.300 e. The van der Waals surface area contributed by atoms with Crippen LogP contribution in [-0.2, 0) is 6.54 Å². The molecule has 0 fully saturated rings. The first-order valence-electron chi connectivity index (χ1n) is 4.85. The molecule has 0 aromatic carbocycles. The molecule has 0 bridgehead atoms. The minimum atomic E-state index is 0.0640. The minimum absolute atomic E-state index is 0.0640. The van der Waals surface area contributed by atoms with Crippen LogP contribution in [0.4, 0.5) is 0 Å². The number of thiazole rings is 1. The second kappa shape index (κ2) is 4.02. The van der Waals surface area contributed by atoms with Crippen LogP contribution in [0.1, 0.15) is 25.6 Å². The Morgan fingerprint density at radius 2 is 2.27 bits per heavy atom. The first kappa shape index (κ1) is 10.2. The van der Waals surface area contributed by atoms with Crippen molar-refractivity contribution in [3.05, 3.63) is 39.2 Å². The van der Waals surface area contributed by atoms with E-state index in [2.05, 4.69) is 18.9 Å². The molecule has 0 atom stereocenters. The zero-order valence-electron chi connectivity index (χ0n) is 8.75. The third-order valence-electron chi connectivity index (χ3n) is 2.17. The molecule has 2 heterocycles. The van der Waals surface area contributed by atoms with Gasteiger partial charge in [0.1, 0.15) is 0 Å². The van der Waals surface area contributed by atoms with E-state index < -0.39 is 0 Å². The van der Waals surface area contributed by atoms with Gasteiger partial charge in [0.05, 0.1) is 12.2 Å². The van der Waals surface area contributed by atoms with E-state index in [1.807, 2.05) is 16.9 Å². The molecule has 0 saturated heterocycles. The molecule has 2 rings (SSSR count). The Morgan fingerprint density at radius 3 is 2.80 bits per heavy atom. The van der Waals surface area contributed by atoms with Crippen molar-refractivity contribution in [3.8, 4) is 0 Å². The van der Waals surface area contributed by atoms with Gasteiger partial charge in [-0.05, 0) is 19.9 Å². The van der Waals surface area contributed by atoms with Gasteiger partial charge in [-0.3, -0.25) is 14.0 Å². The SMILES string of the molecule is CC(C)n1ccc(Cn2ccsc2=O)n1. The summed E-state index contributed by atoms with van der Waals surface area (Å²) >= 11 is 1.21. The van der Waals surface area contributed by atoms with Crippen molar-refractivity contribution in [2.24, 2.45) is 0 Å². The van der Waals surface area contributed by atoms with E-state index in [1.165, 1.54) is 11.3 Å². The molecule has 0 unspecified atom stereocenters. The molecule has 2 aromatic rings. The average molecular weight is 223 g/mol. The number of aromatic nitrogens is 3. The summed E-state index contributed by atoms with van der Waals surface area (Å²) in [5.41, 5.74) is 0.921. The maximum absolute atomic E-state index is 11.3. The molecular formula is C10H13N3OS. The van der Waals surface area contributed by atoms with Gasteiger partial charge >= 0.3 is 4.87 Å². The van der Waals surface area contributed by atoms with Crippen LogP contribution in [0.2, 0.25) is 0 Å². The first-order valence-corrected chi connectivity index (χ1v) is 5.73. The van der Waals surface area contributed by atoms with Crippen LogP contribution in [0.25, 0.3) is 0 Å². The van der Waals surface area contributed by atoms with E-state index in [9.17, 15) is 4.79 Å². The van der Waals surface area contributed by atoms with Crippen LogP contribution in [0, 0.1) is 0 Å². The van der Waals surface area contributed by atoms with Gasteiger partial charge in [-0.2, -0.15) is 5.10 Å². The van der Waals surface area contributed by atoms with Crippen molar-refractivity contribution < 1.29 is 0 Å². The molecule has 0 spiro atoms. The molecule has 4 nitrogen and oxygen atoms in total. The maximum atomic E-state index is 11.3. The molecule has 0 radical (unpaired) electrons. The van der Waals surface area contributed by atoms with Crippen molar-refractivity contribution >= 4 is 11.3 Å². The zero-order valence-corrected chi connectivity index (χ0v) is 9.57. The summed E-state index contributed by atoms with van der Waals surface area (Å²) in [6.07, 6.45) is 3.73. The Balaban J connectivity index is 2.18. The highest BCUT2D eigenvalue weighted by atomic mass is 32.1. The molecule has 2 aromatic heterocycles. The Labute approximate surface area is 91.8 Å². The largest absolute Gasteiger partial charge is 0.307 e. The Kier molecular flexibility index (Phi) is 2.73. The monoisotopic (exact) mass is 223 g/mol. The molecular weight excluding hydrogens is 210 g/mol. The molecule has 0 amide bonds. The quantitative estimate of drug-likeness (QED) is 0.795. The summed E-state index contributed by atoms with van der Waals surface area (Å²) in [5, 5.41) is 6.18. The van der Waals surface area contributed by atoms with Gasteiger partial charge in [0, 0.05) is 23.8 Å². The van der Waals surface area contributed by atoms with E-state index in [0.29, 0.717) is 12.6 Å². The van der Waals surface area contributed by atoms with Crippen molar-refractivity contribution in [2.75, 3.05) is 0 Å². The van der Waals surface area contributed by atoms with Crippen LogP contribution in [0.15, 0.2) is 28.6 Å². The third-order valence-corrected chi connectivity index (χ3v) is 2.86. The summed E-state index contributed by atoms with van der Waals surface area (Å²) in [6.45, 7) is 4.71. The van der Waals surface area contributed by atoms with Gasteiger partial charge in [-0.25, -0.2) is 0 Å². The second-order valence-corrected chi connectivity index (χ2v) is 4.53. The lowest BCUT2D eigenvalue weighted by atomic mass is 10.4. The lowest BCUT2D eigenvalue weighted by molar-refractivity contribution is 0.523. The summed E-state index contributed by atoms with van der Waals surface area (Å²) in [4.78, 5) is 11.4. The smallest absolute Gasteiger partial charge is 0.300 e. The Bertz CT molecular complexity index is 494. The molecule has 15 heavy (non-hydrogen) atoms. The van der Waals surface area contributed by atoms with Crippen molar-refractivity contribution in [2.45, 2.75) is 26.4 Å². The summed E-state index contributed by atoms with van der Waals surface area (Å²) < 4.78 is 3.56. The molecule has 0 aliphatic carbocycles. The summed E-state index contributed by atoms with van der Waals surface area (Å²) in [5.74, 6) is 0. The normalized spacial score (nSPS) is 11.1. The fourth-order valence-electron chi connectivity index (χ4n) is 1.33. The fraction of sp³-hybridized carbons (Fsp3) is 0.400. The molecule has 0 aliphatic heterocycles. The molecule has 0 saturated carbocycles. The van der Waals surface area contributed by atoms with Gasteiger partial charge in [0.25, 0.3) is 0 Å². The Hall–Kier alpha value is -1.36. The standard InChI is InChI=1S/C10H13N3OS/c1-8(2)13-4-3-9(11-13)7-12-5-6-15-10(12)14/h3-6,8H,7H2,1-2H3. The van der Waals surface area contributed by atoms with E-state index in [0.717, 1.165) is 5.69 Å². The summed E-state index contributed by atoms with van der Waals surface area (Å²) in [6, 6.07) is 2.31. The lowest BCUT2D eigenvalue weighted by Gasteiger charge is -2.03. The van der Waals surface area contributed by atoms with Crippen LogP contribution in [0.5, 0.6) is 0 Å². The lowest BCUT2D eigenvalue weighted by Crippen LogP contribution is -2.13. The van der Waals surface area contributed by atoms with Gasteiger partial charge in [0.2, 0.25) is 0 Å². The molecule has 0 N–H and O–H groups in total. The van der Waals surface area contributed by atoms with E-state index in [4.69, 9.17) is 0 Å². The molecule has 5 heteroatoms. The van der Waals surface area contributed by atoms with Gasteiger partial charge in [0.15, 0.2) is 0 Å². The van der Waals surface area contributed by atoms with Crippen LogP contribution >= 0.6 is 11.3 Å². The Morgan fingerprint density at radius 1 is 1.47 bits per heavy atom. The molecule has 0 aliphatic rings. The average Bonchev–Trinajstić information content (AvgIpc) is 2.77. The molecule has 80 valence electrons. The predicted molar refractivity (Wildman–Crippen MR) is 60.3 cm³/mol. The van der Waals surface area contributed by atoms with Crippen LogP contribution in [-0.4, -0.2) is 14.3 Å². The van der Waals surface area contributed by atoms with E-state index >= 15 is 0 Å². The van der Waals surface area contributed by atoms with Crippen molar-refractivity contribution in [3.63, 3.8) is 0 Å². The third kappa shape index (κ3) is 2.18. The van der Waals surface area contributed by atoms with Crippen LogP contribution in [0.3, 0.4) is 0 Å². The first-order chi connectivity index (χ1) is 7.16. The number of rotatable bonds is 3. The van der Waals surface area contributed by atoms with E-state index in [-0.39, 0.29) is 4.87 Å². The zero-order chi connectivity index (χ0) is 10.8. The topological polar surface area (TPSA) is 39.8 Å². The number of hydrogen-bond donors (Lipinski definition) is 0. The summed E-state index contributed by atoms with van der Waals surface area (Å²) in [7, 11) is 0. The highest BCUT2D eigenvalue weighted by Crippen LogP contribution is 2.05. The van der Waals surface area contributed by atoms with Gasteiger partial charge < -0.3 is 0 Å². The van der Waals surface area contributed by atoms with Gasteiger partial charge in [-0.1, -0.05) is 11.3 Å². The maximum Gasteiger partial charge on any atom is 0.307 e. The van der Waals surface area contributed by atoms with E-state index in [1.54, 1.807) is 16.1 Å². The second-order valence-electron chi connectivity index (χ2n) is 3.68. The van der Waals surface area contributed by atoms with Crippen molar-refractivity contribution in [1.82, 2.24) is 14.3 Å². The number of hydrogen-bond acceptors (Lipinski definition) is 3. The fourth-order valence-corrected chi connectivity index (χ4v) is 1.92. The van der Waals surface area contributed by atoms with Crippen molar-refractivity contribution in [1.29, 1.82) is 0 Å². The number of nitrogens with zero attached hydrogens (tertiary/aromatic N) is 3. The predicted octanol–water partition coefficient (Wildman–Crippen LogP) is 1.74. The van der Waals surface area contributed by atoms with Crippen LogP contribution < -0.4 is 4.87 Å².